The van der Waals surface area contributed by atoms with Crippen molar-refractivity contribution in [2.24, 2.45) is 0 Å². The number of amides is 1. The third kappa shape index (κ3) is 5.10. The van der Waals surface area contributed by atoms with Gasteiger partial charge in [-0.2, -0.15) is 5.10 Å². The number of morpholine rings is 1. The second kappa shape index (κ2) is 8.29. The van der Waals surface area contributed by atoms with E-state index in [1.165, 1.54) is 0 Å². The zero-order chi connectivity index (χ0) is 15.9. The number of carbonyl (C=O) groups excluding carboxylic acids is 1. The van der Waals surface area contributed by atoms with E-state index in [2.05, 4.69) is 29.2 Å². The first-order chi connectivity index (χ1) is 10.6. The first kappa shape index (κ1) is 17.0. The summed E-state index contributed by atoms with van der Waals surface area (Å²) in [5.41, 5.74) is 0.637. The van der Waals surface area contributed by atoms with Crippen LogP contribution >= 0.6 is 0 Å². The van der Waals surface area contributed by atoms with Crippen molar-refractivity contribution in [3.8, 4) is 0 Å². The molecule has 2 rings (SSSR count). The quantitative estimate of drug-likeness (QED) is 0.776. The zero-order valence-corrected chi connectivity index (χ0v) is 13.9. The molecular weight excluding hydrogens is 280 g/mol. The third-order valence-electron chi connectivity index (χ3n) is 3.90. The van der Waals surface area contributed by atoms with Crippen LogP contribution in [0.15, 0.2) is 12.4 Å². The van der Waals surface area contributed by atoms with Gasteiger partial charge in [0.15, 0.2) is 0 Å². The number of aromatic nitrogens is 2. The lowest BCUT2D eigenvalue weighted by Crippen LogP contribution is -2.45. The third-order valence-corrected chi connectivity index (χ3v) is 3.90. The Kier molecular flexibility index (Phi) is 6.39. The fraction of sp³-hybridized carbons (Fsp3) is 0.750. The molecule has 2 atom stereocenters. The van der Waals surface area contributed by atoms with Gasteiger partial charge in [0.25, 0.3) is 5.91 Å². The number of rotatable bonds is 7. The van der Waals surface area contributed by atoms with Crippen molar-refractivity contribution in [3.05, 3.63) is 18.0 Å². The average Bonchev–Trinajstić information content (AvgIpc) is 2.94. The summed E-state index contributed by atoms with van der Waals surface area (Å²) in [6.45, 7) is 10.8. The Hall–Kier alpha value is -1.40. The van der Waals surface area contributed by atoms with E-state index in [1.807, 2.05) is 6.92 Å². The highest BCUT2D eigenvalue weighted by molar-refractivity contribution is 5.93. The number of hydrogen-bond donors (Lipinski definition) is 1. The maximum atomic E-state index is 11.9. The molecule has 0 bridgehead atoms. The molecule has 0 unspecified atom stereocenters. The minimum absolute atomic E-state index is 0.0340. The van der Waals surface area contributed by atoms with Crippen molar-refractivity contribution in [2.75, 3.05) is 26.2 Å². The molecule has 0 aromatic carbocycles. The molecule has 6 heteroatoms. The molecule has 0 radical (unpaired) electrons. The van der Waals surface area contributed by atoms with Crippen molar-refractivity contribution in [1.82, 2.24) is 20.0 Å². The van der Waals surface area contributed by atoms with E-state index in [0.29, 0.717) is 24.3 Å². The molecule has 6 nitrogen and oxygen atoms in total. The van der Waals surface area contributed by atoms with Gasteiger partial charge in [0.2, 0.25) is 0 Å². The predicted molar refractivity (Wildman–Crippen MR) is 85.9 cm³/mol. The van der Waals surface area contributed by atoms with Crippen molar-refractivity contribution >= 4 is 5.91 Å². The largest absolute Gasteiger partial charge is 0.373 e. The standard InChI is InChI=1S/C16H28N4O2/c1-4-20-12-15(9-18-20)16(21)17-7-5-6-8-19-10-13(2)22-14(3)11-19/h9,12-14H,4-8,10-11H2,1-3H3,(H,17,21)/t13-,14-/m0/s1. The Labute approximate surface area is 132 Å². The zero-order valence-electron chi connectivity index (χ0n) is 13.9. The van der Waals surface area contributed by atoms with Gasteiger partial charge in [-0.3, -0.25) is 14.4 Å². The number of carbonyl (C=O) groups is 1. The van der Waals surface area contributed by atoms with Crippen molar-refractivity contribution in [2.45, 2.75) is 52.4 Å². The van der Waals surface area contributed by atoms with Gasteiger partial charge in [0.1, 0.15) is 0 Å². The molecule has 0 aliphatic carbocycles. The van der Waals surface area contributed by atoms with Crippen LogP contribution in [0.2, 0.25) is 0 Å². The van der Waals surface area contributed by atoms with Gasteiger partial charge in [-0.15, -0.1) is 0 Å². The lowest BCUT2D eigenvalue weighted by Gasteiger charge is -2.35. The number of nitrogens with zero attached hydrogens (tertiary/aromatic N) is 3. The van der Waals surface area contributed by atoms with Gasteiger partial charge in [0, 0.05) is 32.4 Å². The molecule has 2 heterocycles. The minimum Gasteiger partial charge on any atom is -0.373 e. The van der Waals surface area contributed by atoms with Crippen LogP contribution in [-0.4, -0.2) is 59.0 Å². The number of aryl methyl sites for hydroxylation is 1. The van der Waals surface area contributed by atoms with E-state index < -0.39 is 0 Å². The molecule has 1 aliphatic rings. The topological polar surface area (TPSA) is 59.4 Å². The molecule has 1 fully saturated rings. The number of unbranched alkanes of at least 4 members (excludes halogenated alkanes) is 1. The molecule has 1 aliphatic heterocycles. The van der Waals surface area contributed by atoms with Crippen LogP contribution in [0.5, 0.6) is 0 Å². The first-order valence-corrected chi connectivity index (χ1v) is 8.27. The molecule has 1 aromatic rings. The summed E-state index contributed by atoms with van der Waals surface area (Å²) in [4.78, 5) is 14.4. The van der Waals surface area contributed by atoms with Gasteiger partial charge in [-0.25, -0.2) is 0 Å². The molecule has 1 amide bonds. The van der Waals surface area contributed by atoms with Gasteiger partial charge in [-0.1, -0.05) is 0 Å². The summed E-state index contributed by atoms with van der Waals surface area (Å²) < 4.78 is 7.49. The Bertz CT molecular complexity index is 464. The fourth-order valence-electron chi connectivity index (χ4n) is 2.89. The Morgan fingerprint density at radius 2 is 2.09 bits per heavy atom. The summed E-state index contributed by atoms with van der Waals surface area (Å²) >= 11 is 0. The maximum absolute atomic E-state index is 11.9. The molecule has 1 saturated heterocycles. The normalized spacial score (nSPS) is 22.7. The fourth-order valence-corrected chi connectivity index (χ4v) is 2.89. The van der Waals surface area contributed by atoms with Crippen molar-refractivity contribution in [3.63, 3.8) is 0 Å². The lowest BCUT2D eigenvalue weighted by molar-refractivity contribution is -0.0681. The highest BCUT2D eigenvalue weighted by Crippen LogP contribution is 2.11. The van der Waals surface area contributed by atoms with E-state index in [4.69, 9.17) is 4.74 Å². The smallest absolute Gasteiger partial charge is 0.254 e. The summed E-state index contributed by atoms with van der Waals surface area (Å²) in [5.74, 6) is -0.0340. The summed E-state index contributed by atoms with van der Waals surface area (Å²) in [7, 11) is 0. The maximum Gasteiger partial charge on any atom is 0.254 e. The van der Waals surface area contributed by atoms with Crippen molar-refractivity contribution < 1.29 is 9.53 Å². The summed E-state index contributed by atoms with van der Waals surface area (Å²) in [6, 6.07) is 0. The number of nitrogens with one attached hydrogen (secondary N) is 1. The van der Waals surface area contributed by atoms with E-state index >= 15 is 0 Å². The SMILES string of the molecule is CCn1cc(C(=O)NCCCCN2C[C@H](C)O[C@@H](C)C2)cn1. The molecule has 1 N–H and O–H groups in total. The lowest BCUT2D eigenvalue weighted by atomic mass is 10.2. The van der Waals surface area contributed by atoms with Crippen LogP contribution in [0, 0.1) is 0 Å². The number of ether oxygens (including phenoxy) is 1. The van der Waals surface area contributed by atoms with E-state index in [0.717, 1.165) is 39.0 Å². The molecule has 1 aromatic heterocycles. The first-order valence-electron chi connectivity index (χ1n) is 8.27. The Morgan fingerprint density at radius 1 is 1.36 bits per heavy atom. The minimum atomic E-state index is -0.0340. The van der Waals surface area contributed by atoms with E-state index in [1.54, 1.807) is 17.1 Å². The van der Waals surface area contributed by atoms with Gasteiger partial charge >= 0.3 is 0 Å². The van der Waals surface area contributed by atoms with Crippen LogP contribution in [0.3, 0.4) is 0 Å². The van der Waals surface area contributed by atoms with Gasteiger partial charge < -0.3 is 10.1 Å². The van der Waals surface area contributed by atoms with Gasteiger partial charge in [-0.05, 0) is 40.2 Å². The van der Waals surface area contributed by atoms with Gasteiger partial charge in [0.05, 0.1) is 24.0 Å². The van der Waals surface area contributed by atoms with E-state index in [-0.39, 0.29) is 5.91 Å². The van der Waals surface area contributed by atoms with E-state index in [9.17, 15) is 4.79 Å². The van der Waals surface area contributed by atoms with Crippen LogP contribution in [0.1, 0.15) is 44.0 Å². The molecule has 0 saturated carbocycles. The second-order valence-electron chi connectivity index (χ2n) is 6.06. The monoisotopic (exact) mass is 308 g/mol. The molecule has 124 valence electrons. The highest BCUT2D eigenvalue weighted by atomic mass is 16.5. The van der Waals surface area contributed by atoms with Crippen LogP contribution in [0.25, 0.3) is 0 Å². The van der Waals surface area contributed by atoms with Crippen LogP contribution < -0.4 is 5.32 Å². The van der Waals surface area contributed by atoms with Crippen LogP contribution in [-0.2, 0) is 11.3 Å². The molecular formula is C16H28N4O2. The molecule has 22 heavy (non-hydrogen) atoms. The average molecular weight is 308 g/mol. The summed E-state index contributed by atoms with van der Waals surface area (Å²) in [6.07, 6.45) is 6.13. The van der Waals surface area contributed by atoms with Crippen molar-refractivity contribution in [1.29, 1.82) is 0 Å². The Morgan fingerprint density at radius 3 is 2.73 bits per heavy atom. The predicted octanol–water partition coefficient (Wildman–Crippen LogP) is 1.52. The second-order valence-corrected chi connectivity index (χ2v) is 6.06. The Balaban J connectivity index is 1.60. The highest BCUT2D eigenvalue weighted by Gasteiger charge is 2.21. The van der Waals surface area contributed by atoms with Crippen LogP contribution in [0.4, 0.5) is 0 Å². The number of hydrogen-bond acceptors (Lipinski definition) is 4. The summed E-state index contributed by atoms with van der Waals surface area (Å²) in [5, 5.41) is 7.07. The molecule has 0 spiro atoms.